The smallest absolute Gasteiger partial charge is 0.352 e. The summed E-state index contributed by atoms with van der Waals surface area (Å²) in [6, 6.07) is 6.58. The summed E-state index contributed by atoms with van der Waals surface area (Å²) in [6.07, 6.45) is 0.378. The van der Waals surface area contributed by atoms with Gasteiger partial charge in [0.05, 0.1) is 18.4 Å². The molecule has 0 saturated carbocycles. The fraction of sp³-hybridized carbons (Fsp3) is 0.273. The van der Waals surface area contributed by atoms with Crippen LogP contribution in [0, 0.1) is 0 Å². The summed E-state index contributed by atoms with van der Waals surface area (Å²) in [4.78, 5) is 11.6. The molecular weight excluding hydrogens is 228 g/mol. The predicted molar refractivity (Wildman–Crippen MR) is 62.1 cm³/mol. The van der Waals surface area contributed by atoms with Crippen LogP contribution in [0.3, 0.4) is 0 Å². The highest BCUT2D eigenvalue weighted by Crippen LogP contribution is 2.17. The molecule has 1 aromatic rings. The fourth-order valence-corrected chi connectivity index (χ4v) is 1.27. The maximum absolute atomic E-state index is 11.4. The average Bonchev–Trinajstić information content (AvgIpc) is 2.31. The van der Waals surface area contributed by atoms with Gasteiger partial charge < -0.3 is 9.47 Å². The van der Waals surface area contributed by atoms with E-state index in [2.05, 4.69) is 0 Å². The number of esters is 1. The first-order chi connectivity index (χ1) is 7.71. The van der Waals surface area contributed by atoms with Gasteiger partial charge in [0, 0.05) is 0 Å². The zero-order valence-corrected chi connectivity index (χ0v) is 9.87. The molecule has 0 fully saturated rings. The van der Waals surface area contributed by atoms with Crippen molar-refractivity contribution in [1.82, 2.24) is 0 Å². The molecule has 0 atom stereocenters. The molecule has 0 bridgehead atoms. The first-order valence-corrected chi connectivity index (χ1v) is 5.47. The molecule has 0 aliphatic heterocycles. The average molecular weight is 240 g/mol. The Hall–Kier alpha value is -1.62. The summed E-state index contributed by atoms with van der Waals surface area (Å²) in [7, 11) is 1.55. The molecule has 0 N–H and O–H groups in total. The van der Waals surface area contributed by atoms with Crippen LogP contribution in [0.5, 0.6) is 11.5 Å². The van der Waals surface area contributed by atoms with Gasteiger partial charge in [-0.15, -0.1) is 0 Å². The van der Waals surface area contributed by atoms with Crippen LogP contribution < -0.4 is 9.47 Å². The van der Waals surface area contributed by atoms with Crippen LogP contribution in [0.15, 0.2) is 24.3 Å². The Morgan fingerprint density at radius 1 is 1.25 bits per heavy atom. The van der Waals surface area contributed by atoms with E-state index in [0.29, 0.717) is 17.9 Å². The third kappa shape index (κ3) is 3.20. The lowest BCUT2D eigenvalue weighted by Gasteiger charge is -2.04. The summed E-state index contributed by atoms with van der Waals surface area (Å²) in [6.45, 7) is 1.73. The highest BCUT2D eigenvalue weighted by Gasteiger charge is 2.11. The van der Waals surface area contributed by atoms with E-state index >= 15 is 0 Å². The summed E-state index contributed by atoms with van der Waals surface area (Å²) in [5.41, 5.74) is 0. The van der Waals surface area contributed by atoms with Crippen LogP contribution in [-0.4, -0.2) is 22.2 Å². The lowest BCUT2D eigenvalue weighted by atomic mass is 10.3. The van der Waals surface area contributed by atoms with E-state index in [0.717, 1.165) is 0 Å². The minimum Gasteiger partial charge on any atom is -0.497 e. The van der Waals surface area contributed by atoms with Crippen molar-refractivity contribution in [3.63, 3.8) is 0 Å². The molecule has 0 aliphatic carbocycles. The molecule has 0 heterocycles. The van der Waals surface area contributed by atoms with Crippen LogP contribution in [0.4, 0.5) is 0 Å². The molecule has 4 nitrogen and oxygen atoms in total. The molecular formula is C11H12O4S. The second-order valence-electron chi connectivity index (χ2n) is 2.93. The van der Waals surface area contributed by atoms with Gasteiger partial charge in [-0.25, -0.2) is 9.00 Å². The van der Waals surface area contributed by atoms with Gasteiger partial charge in [0.25, 0.3) is 0 Å². The van der Waals surface area contributed by atoms with Crippen LogP contribution in [0.25, 0.3) is 0 Å². The molecule has 0 aromatic heterocycles. The van der Waals surface area contributed by atoms with Crippen molar-refractivity contribution in [1.29, 1.82) is 0 Å². The van der Waals surface area contributed by atoms with Gasteiger partial charge in [-0.2, -0.15) is 0 Å². The highest BCUT2D eigenvalue weighted by molar-refractivity contribution is 7.68. The largest absolute Gasteiger partial charge is 0.497 e. The second kappa shape index (κ2) is 6.07. The molecule has 0 saturated heterocycles. The van der Waals surface area contributed by atoms with E-state index in [1.54, 1.807) is 38.3 Å². The lowest BCUT2D eigenvalue weighted by molar-refractivity contribution is -0.126. The number of carbonyl (C=O) groups excluding carboxylic acids is 1. The van der Waals surface area contributed by atoms with Crippen molar-refractivity contribution in [2.45, 2.75) is 13.3 Å². The molecule has 86 valence electrons. The third-order valence-corrected chi connectivity index (χ3v) is 2.58. The van der Waals surface area contributed by atoms with Gasteiger partial charge in [-0.1, -0.05) is 6.92 Å². The SMILES string of the molecule is CCC(=S=O)C(=O)Oc1ccc(OC)cc1. The van der Waals surface area contributed by atoms with Gasteiger partial charge >= 0.3 is 5.97 Å². The Morgan fingerprint density at radius 3 is 2.25 bits per heavy atom. The van der Waals surface area contributed by atoms with Crippen LogP contribution in [0.1, 0.15) is 13.3 Å². The molecule has 0 aliphatic rings. The number of methoxy groups -OCH3 is 1. The Bertz CT molecular complexity index is 418. The van der Waals surface area contributed by atoms with Crippen LogP contribution >= 0.6 is 0 Å². The summed E-state index contributed by atoms with van der Waals surface area (Å²) < 4.78 is 20.5. The van der Waals surface area contributed by atoms with E-state index in [1.165, 1.54) is 0 Å². The number of carbonyl (C=O) groups is 1. The van der Waals surface area contributed by atoms with Crippen molar-refractivity contribution < 1.29 is 18.5 Å². The standard InChI is InChI=1S/C11H12O4S/c1-3-10(16-13)11(12)15-9-6-4-8(14-2)5-7-9/h4-7H,3H2,1-2H3. The van der Waals surface area contributed by atoms with Crippen molar-refractivity contribution in [3.05, 3.63) is 24.3 Å². The first-order valence-electron chi connectivity index (χ1n) is 4.73. The monoisotopic (exact) mass is 240 g/mol. The minimum atomic E-state index is -0.590. The van der Waals surface area contributed by atoms with E-state index in [1.807, 2.05) is 0 Å². The van der Waals surface area contributed by atoms with E-state index in [-0.39, 0.29) is 16.1 Å². The summed E-state index contributed by atoms with van der Waals surface area (Å²) in [5, 5.41) is 0. The quantitative estimate of drug-likeness (QED) is 0.453. The maximum atomic E-state index is 11.4. The lowest BCUT2D eigenvalue weighted by Crippen LogP contribution is -2.19. The van der Waals surface area contributed by atoms with Crippen LogP contribution in [-0.2, 0) is 16.1 Å². The number of rotatable bonds is 4. The van der Waals surface area contributed by atoms with Gasteiger partial charge in [0.2, 0.25) is 0 Å². The van der Waals surface area contributed by atoms with Crippen molar-refractivity contribution in [2.24, 2.45) is 0 Å². The van der Waals surface area contributed by atoms with E-state index in [9.17, 15) is 9.00 Å². The fourth-order valence-electron chi connectivity index (χ4n) is 1.05. The topological polar surface area (TPSA) is 52.6 Å². The first kappa shape index (κ1) is 12.4. The number of hydrogen-bond donors (Lipinski definition) is 0. The van der Waals surface area contributed by atoms with Gasteiger partial charge in [0.1, 0.15) is 16.4 Å². The van der Waals surface area contributed by atoms with E-state index in [4.69, 9.17) is 9.47 Å². The highest BCUT2D eigenvalue weighted by atomic mass is 32.1. The van der Waals surface area contributed by atoms with Gasteiger partial charge in [-0.3, -0.25) is 0 Å². The Kier molecular flexibility index (Phi) is 4.72. The molecule has 0 amide bonds. The van der Waals surface area contributed by atoms with Gasteiger partial charge in [-0.05, 0) is 30.7 Å². The number of hydrogen-bond acceptors (Lipinski definition) is 4. The number of ether oxygens (including phenoxy) is 2. The minimum absolute atomic E-state index is 0.163. The normalized spacial score (nSPS) is 9.38. The summed E-state index contributed by atoms with van der Waals surface area (Å²) in [5.74, 6) is 0.483. The van der Waals surface area contributed by atoms with Crippen molar-refractivity contribution in [2.75, 3.05) is 7.11 Å². The molecule has 1 rings (SSSR count). The number of benzene rings is 1. The molecule has 0 radical (unpaired) electrons. The van der Waals surface area contributed by atoms with E-state index < -0.39 is 5.97 Å². The molecule has 0 unspecified atom stereocenters. The van der Waals surface area contributed by atoms with Crippen molar-refractivity contribution >= 4 is 22.1 Å². The Balaban J connectivity index is 2.73. The molecule has 5 heteroatoms. The zero-order chi connectivity index (χ0) is 12.0. The zero-order valence-electron chi connectivity index (χ0n) is 9.06. The van der Waals surface area contributed by atoms with Gasteiger partial charge in [0.15, 0.2) is 0 Å². The third-order valence-electron chi connectivity index (χ3n) is 1.92. The summed E-state index contributed by atoms with van der Waals surface area (Å²) >= 11 is 0.172. The van der Waals surface area contributed by atoms with Crippen molar-refractivity contribution in [3.8, 4) is 11.5 Å². The molecule has 0 spiro atoms. The van der Waals surface area contributed by atoms with Crippen LogP contribution in [0.2, 0.25) is 0 Å². The maximum Gasteiger partial charge on any atom is 0.352 e. The molecule has 1 aromatic carbocycles. The predicted octanol–water partition coefficient (Wildman–Crippen LogP) is 1.40. The molecule has 16 heavy (non-hydrogen) atoms. The Labute approximate surface area is 97.3 Å². The Morgan fingerprint density at radius 2 is 1.81 bits per heavy atom. The second-order valence-corrected chi connectivity index (χ2v) is 3.58.